The Morgan fingerprint density at radius 3 is 2.36 bits per heavy atom. The monoisotopic (exact) mass is 354 g/mol. The molecule has 2 heterocycles. The zero-order chi connectivity index (χ0) is 16.4. The molecule has 0 aliphatic carbocycles. The summed E-state index contributed by atoms with van der Waals surface area (Å²) < 4.78 is 2.15. The second-order valence-corrected chi connectivity index (χ2v) is 6.42. The van der Waals surface area contributed by atoms with Gasteiger partial charge < -0.3 is 10.3 Å². The molecule has 2 N–H and O–H groups in total. The van der Waals surface area contributed by atoms with Gasteiger partial charge >= 0.3 is 0 Å². The Kier molecular flexibility index (Phi) is 5.53. The largest absolute Gasteiger partial charge is 0.326 e. The average molecular weight is 355 g/mol. The fraction of sp³-hybridized carbons (Fsp3) is 0.250. The van der Waals surface area contributed by atoms with E-state index in [1.165, 1.54) is 5.56 Å². The lowest BCUT2D eigenvalue weighted by Crippen LogP contribution is -2.29. The summed E-state index contributed by atoms with van der Waals surface area (Å²) in [6.45, 7) is 2.70. The second kappa shape index (κ2) is 7.83. The minimum Gasteiger partial charge on any atom is -0.326 e. The molecule has 0 radical (unpaired) electrons. The maximum absolute atomic E-state index is 6.41. The van der Waals surface area contributed by atoms with E-state index in [0.717, 1.165) is 31.1 Å². The molecule has 1 fully saturated rings. The highest BCUT2D eigenvalue weighted by Crippen LogP contribution is 2.27. The molecular weight excluding hydrogens is 332 g/mol. The van der Waals surface area contributed by atoms with Crippen molar-refractivity contribution in [2.75, 3.05) is 13.1 Å². The van der Waals surface area contributed by atoms with Crippen molar-refractivity contribution in [1.82, 2.24) is 14.5 Å². The van der Waals surface area contributed by atoms with Crippen LogP contribution in [-0.2, 0) is 6.54 Å². The highest BCUT2D eigenvalue weighted by atomic mass is 35.5. The molecule has 4 rings (SSSR count). The van der Waals surface area contributed by atoms with Crippen molar-refractivity contribution in [2.24, 2.45) is 5.73 Å². The second-order valence-electron chi connectivity index (χ2n) is 6.42. The van der Waals surface area contributed by atoms with E-state index in [0.29, 0.717) is 5.92 Å². The third-order valence-corrected chi connectivity index (χ3v) is 4.79. The summed E-state index contributed by atoms with van der Waals surface area (Å²) in [5.74, 6) is 1.45. The van der Waals surface area contributed by atoms with E-state index in [1.807, 2.05) is 18.5 Å². The summed E-state index contributed by atoms with van der Waals surface area (Å²) in [5.41, 5.74) is 8.89. The number of hydrogen-bond donors (Lipinski definition) is 1. The third-order valence-electron chi connectivity index (χ3n) is 4.79. The SMILES string of the molecule is Cl.N[C@@H]1CN(Cc2nccn2-c2ccccc2)C[C@H]1c1ccccc1. The summed E-state index contributed by atoms with van der Waals surface area (Å²) in [5, 5.41) is 0. The normalized spacial score (nSPS) is 20.4. The molecule has 1 aliphatic rings. The maximum Gasteiger partial charge on any atom is 0.127 e. The van der Waals surface area contributed by atoms with Crippen molar-refractivity contribution < 1.29 is 0 Å². The fourth-order valence-corrected chi connectivity index (χ4v) is 3.57. The predicted molar refractivity (Wildman–Crippen MR) is 103 cm³/mol. The van der Waals surface area contributed by atoms with Crippen LogP contribution in [0.25, 0.3) is 5.69 Å². The van der Waals surface area contributed by atoms with Crippen LogP contribution in [0.1, 0.15) is 17.3 Å². The minimum atomic E-state index is 0. The van der Waals surface area contributed by atoms with E-state index in [-0.39, 0.29) is 18.4 Å². The molecule has 2 atom stereocenters. The fourth-order valence-electron chi connectivity index (χ4n) is 3.57. The van der Waals surface area contributed by atoms with Crippen molar-refractivity contribution in [1.29, 1.82) is 0 Å². The number of likely N-dealkylation sites (tertiary alicyclic amines) is 1. The van der Waals surface area contributed by atoms with Gasteiger partial charge in [-0.2, -0.15) is 0 Å². The lowest BCUT2D eigenvalue weighted by molar-refractivity contribution is 0.313. The van der Waals surface area contributed by atoms with Crippen molar-refractivity contribution in [3.8, 4) is 5.69 Å². The summed E-state index contributed by atoms with van der Waals surface area (Å²) in [7, 11) is 0. The highest BCUT2D eigenvalue weighted by molar-refractivity contribution is 5.85. The van der Waals surface area contributed by atoms with Crippen LogP contribution in [0.4, 0.5) is 0 Å². The van der Waals surface area contributed by atoms with Crippen LogP contribution in [0.5, 0.6) is 0 Å². The minimum absolute atomic E-state index is 0. The number of nitrogens with two attached hydrogens (primary N) is 1. The van der Waals surface area contributed by atoms with Gasteiger partial charge in [0.1, 0.15) is 5.82 Å². The quantitative estimate of drug-likeness (QED) is 0.782. The predicted octanol–water partition coefficient (Wildman–Crippen LogP) is 3.22. The number of hydrogen-bond acceptors (Lipinski definition) is 3. The molecule has 3 aromatic rings. The molecule has 1 saturated heterocycles. The van der Waals surface area contributed by atoms with Crippen LogP contribution in [0.2, 0.25) is 0 Å². The molecule has 5 heteroatoms. The van der Waals surface area contributed by atoms with E-state index in [4.69, 9.17) is 5.73 Å². The number of imidazole rings is 1. The Morgan fingerprint density at radius 1 is 0.960 bits per heavy atom. The summed E-state index contributed by atoms with van der Waals surface area (Å²) in [4.78, 5) is 6.97. The van der Waals surface area contributed by atoms with Gasteiger partial charge in [-0.05, 0) is 17.7 Å². The first-order chi connectivity index (χ1) is 11.8. The Labute approximate surface area is 154 Å². The van der Waals surface area contributed by atoms with Crippen molar-refractivity contribution in [3.05, 3.63) is 84.4 Å². The zero-order valence-electron chi connectivity index (χ0n) is 14.0. The molecule has 0 amide bonds. The van der Waals surface area contributed by atoms with E-state index < -0.39 is 0 Å². The molecule has 25 heavy (non-hydrogen) atoms. The van der Waals surface area contributed by atoms with Crippen LogP contribution in [-0.4, -0.2) is 33.6 Å². The first kappa shape index (κ1) is 17.7. The number of benzene rings is 2. The van der Waals surface area contributed by atoms with Crippen molar-refractivity contribution in [2.45, 2.75) is 18.5 Å². The molecular formula is C20H23ClN4. The van der Waals surface area contributed by atoms with Gasteiger partial charge in [-0.3, -0.25) is 4.90 Å². The van der Waals surface area contributed by atoms with Crippen molar-refractivity contribution in [3.63, 3.8) is 0 Å². The van der Waals surface area contributed by atoms with E-state index >= 15 is 0 Å². The lowest BCUT2D eigenvalue weighted by Gasteiger charge is -2.17. The molecule has 4 nitrogen and oxygen atoms in total. The van der Waals surface area contributed by atoms with Gasteiger partial charge in [0, 0.05) is 43.1 Å². The van der Waals surface area contributed by atoms with Crippen LogP contribution in [0.3, 0.4) is 0 Å². The van der Waals surface area contributed by atoms with E-state index in [1.54, 1.807) is 0 Å². The Morgan fingerprint density at radius 2 is 1.64 bits per heavy atom. The van der Waals surface area contributed by atoms with Crippen LogP contribution in [0, 0.1) is 0 Å². The first-order valence-corrected chi connectivity index (χ1v) is 8.42. The Balaban J connectivity index is 0.00000182. The molecule has 0 spiro atoms. The van der Waals surface area contributed by atoms with Gasteiger partial charge in [0.05, 0.1) is 6.54 Å². The number of para-hydroxylation sites is 1. The van der Waals surface area contributed by atoms with Crippen LogP contribution >= 0.6 is 12.4 Å². The lowest BCUT2D eigenvalue weighted by atomic mass is 9.95. The highest BCUT2D eigenvalue weighted by Gasteiger charge is 2.31. The average Bonchev–Trinajstić information content (AvgIpc) is 3.23. The van der Waals surface area contributed by atoms with Gasteiger partial charge in [0.2, 0.25) is 0 Å². The molecule has 1 aliphatic heterocycles. The number of nitrogens with zero attached hydrogens (tertiary/aromatic N) is 3. The molecule has 130 valence electrons. The molecule has 1 aromatic heterocycles. The summed E-state index contributed by atoms with van der Waals surface area (Å²) >= 11 is 0. The van der Waals surface area contributed by atoms with Gasteiger partial charge in [0.15, 0.2) is 0 Å². The van der Waals surface area contributed by atoms with Gasteiger partial charge in [0.25, 0.3) is 0 Å². The molecule has 0 bridgehead atoms. The smallest absolute Gasteiger partial charge is 0.127 e. The van der Waals surface area contributed by atoms with Gasteiger partial charge in [-0.15, -0.1) is 12.4 Å². The topological polar surface area (TPSA) is 47.1 Å². The molecule has 0 saturated carbocycles. The van der Waals surface area contributed by atoms with E-state index in [9.17, 15) is 0 Å². The number of rotatable bonds is 4. The van der Waals surface area contributed by atoms with Crippen LogP contribution < -0.4 is 5.73 Å². The zero-order valence-corrected chi connectivity index (χ0v) is 14.8. The Bertz CT molecular complexity index is 788. The molecule has 0 unspecified atom stereocenters. The summed E-state index contributed by atoms with van der Waals surface area (Å²) in [6, 6.07) is 21.1. The first-order valence-electron chi connectivity index (χ1n) is 8.42. The summed E-state index contributed by atoms with van der Waals surface area (Å²) in [6.07, 6.45) is 3.89. The van der Waals surface area contributed by atoms with Gasteiger partial charge in [-0.1, -0.05) is 48.5 Å². The van der Waals surface area contributed by atoms with Crippen LogP contribution in [0.15, 0.2) is 73.1 Å². The maximum atomic E-state index is 6.41. The Hall–Kier alpha value is -2.14. The van der Waals surface area contributed by atoms with E-state index in [2.05, 4.69) is 69.0 Å². The molecule has 2 aromatic carbocycles. The van der Waals surface area contributed by atoms with Crippen molar-refractivity contribution >= 4 is 12.4 Å². The number of halogens is 1. The van der Waals surface area contributed by atoms with Gasteiger partial charge in [-0.25, -0.2) is 4.98 Å². The number of aromatic nitrogens is 2. The third kappa shape index (κ3) is 3.76. The standard InChI is InChI=1S/C20H22N4.ClH/c21-19-14-23(13-18(19)16-7-3-1-4-8-16)15-20-22-11-12-24(20)17-9-5-2-6-10-17;/h1-12,18-19H,13-15,21H2;1H/t18-,19+;/m0./s1.